The first-order valence-corrected chi connectivity index (χ1v) is 13.8. The number of allylic oxidation sites excluding steroid dienone is 3. The van der Waals surface area contributed by atoms with E-state index in [2.05, 4.69) is 13.5 Å². The second-order valence-electron chi connectivity index (χ2n) is 11.9. The van der Waals surface area contributed by atoms with Crippen molar-refractivity contribution in [1.82, 2.24) is 0 Å². The smallest absolute Gasteiger partial charge is 0.331 e. The van der Waals surface area contributed by atoms with E-state index in [0.29, 0.717) is 5.57 Å². The molecule has 0 bridgehead atoms. The fourth-order valence-electron chi connectivity index (χ4n) is 7.26. The van der Waals surface area contributed by atoms with E-state index >= 15 is 0 Å². The van der Waals surface area contributed by atoms with Crippen molar-refractivity contribution >= 4 is 11.8 Å². The number of esters is 1. The van der Waals surface area contributed by atoms with Crippen molar-refractivity contribution in [1.29, 1.82) is 0 Å². The third-order valence-corrected chi connectivity index (χ3v) is 9.54. The molecule has 9 heteroatoms. The molecule has 0 radical (unpaired) electrons. The highest BCUT2D eigenvalue weighted by molar-refractivity contribution is 6.05. The van der Waals surface area contributed by atoms with Gasteiger partial charge < -0.3 is 35.0 Å². The number of fused-ring (bicyclic) bond motifs is 5. The van der Waals surface area contributed by atoms with Crippen molar-refractivity contribution in [2.24, 2.45) is 17.8 Å². The van der Waals surface area contributed by atoms with Gasteiger partial charge in [0.1, 0.15) is 23.9 Å². The first kappa shape index (κ1) is 29.8. The molecule has 0 amide bonds. The molecule has 1 saturated heterocycles. The van der Waals surface area contributed by atoms with Crippen LogP contribution in [0.4, 0.5) is 0 Å². The summed E-state index contributed by atoms with van der Waals surface area (Å²) in [5.41, 5.74) is -7.36. The number of aliphatic hydroxyl groups is 5. The number of hydrogen-bond acceptors (Lipinski definition) is 9. The fraction of sp³-hybridized carbons (Fsp3) is 0.667. The maximum Gasteiger partial charge on any atom is 0.331 e. The van der Waals surface area contributed by atoms with Crippen LogP contribution in [0.3, 0.4) is 0 Å². The molecule has 1 aliphatic heterocycles. The quantitative estimate of drug-likeness (QED) is 0.0725. The molecule has 4 aliphatic rings. The van der Waals surface area contributed by atoms with Gasteiger partial charge in [0.2, 0.25) is 0 Å². The number of epoxide rings is 1. The number of Topliss-reactive ketones (excluding diaryl/α,β-unsaturated/α-hetero) is 1. The molecular weight excluding hydrogens is 504 g/mol. The molecule has 1 heterocycles. The van der Waals surface area contributed by atoms with Gasteiger partial charge in [-0.25, -0.2) is 4.79 Å². The molecule has 0 spiro atoms. The van der Waals surface area contributed by atoms with Gasteiger partial charge in [-0.05, 0) is 50.2 Å². The van der Waals surface area contributed by atoms with Gasteiger partial charge >= 0.3 is 5.97 Å². The summed E-state index contributed by atoms with van der Waals surface area (Å²) >= 11 is 0. The fourth-order valence-corrected chi connectivity index (χ4v) is 7.26. The summed E-state index contributed by atoms with van der Waals surface area (Å²) in [6, 6.07) is 0. The van der Waals surface area contributed by atoms with Gasteiger partial charge in [-0.1, -0.05) is 57.6 Å². The lowest BCUT2D eigenvalue weighted by Crippen LogP contribution is -2.71. The molecule has 0 aromatic carbocycles. The van der Waals surface area contributed by atoms with E-state index in [4.69, 9.17) is 9.47 Å². The monoisotopic (exact) mass is 546 g/mol. The van der Waals surface area contributed by atoms with Crippen molar-refractivity contribution in [3.8, 4) is 0 Å². The SMILES string of the molecule is C=C(C)C1(OC(=O)/C=C/C=C/CCCCC)CC(C)C2(O)C(C1O)C1OC1(CO)C(O)C1(O)C(=O)C(C)=CC12. The Morgan fingerprint density at radius 2 is 1.95 bits per heavy atom. The summed E-state index contributed by atoms with van der Waals surface area (Å²) in [5.74, 6) is -4.79. The van der Waals surface area contributed by atoms with Crippen molar-refractivity contribution in [2.75, 3.05) is 6.61 Å². The first-order valence-electron chi connectivity index (χ1n) is 13.8. The van der Waals surface area contributed by atoms with Crippen LogP contribution in [0, 0.1) is 17.8 Å². The summed E-state index contributed by atoms with van der Waals surface area (Å²) in [6.45, 7) is 10.1. The Hall–Kier alpha value is -2.14. The Bertz CT molecular complexity index is 1110. The van der Waals surface area contributed by atoms with E-state index in [1.165, 1.54) is 19.1 Å². The molecule has 216 valence electrons. The first-order chi connectivity index (χ1) is 18.3. The summed E-state index contributed by atoms with van der Waals surface area (Å²) in [4.78, 5) is 26.1. The molecule has 2 saturated carbocycles. The lowest BCUT2D eigenvalue weighted by Gasteiger charge is -2.57. The molecule has 3 fully saturated rings. The van der Waals surface area contributed by atoms with Crippen molar-refractivity contribution in [3.63, 3.8) is 0 Å². The van der Waals surface area contributed by atoms with Crippen molar-refractivity contribution in [2.45, 2.75) is 101 Å². The van der Waals surface area contributed by atoms with Crippen LogP contribution in [0.1, 0.15) is 59.8 Å². The van der Waals surface area contributed by atoms with Crippen LogP contribution in [0.25, 0.3) is 0 Å². The maximum atomic E-state index is 13.1. The largest absolute Gasteiger partial charge is 0.449 e. The van der Waals surface area contributed by atoms with E-state index in [0.717, 1.165) is 25.7 Å². The van der Waals surface area contributed by atoms with Crippen LogP contribution in [0.5, 0.6) is 0 Å². The molecular formula is C30H42O9. The topological polar surface area (TPSA) is 157 Å². The van der Waals surface area contributed by atoms with Gasteiger partial charge in [-0.3, -0.25) is 4.79 Å². The number of ketones is 1. The molecule has 0 aromatic rings. The summed E-state index contributed by atoms with van der Waals surface area (Å²) in [6.07, 6.45) is 7.51. The Morgan fingerprint density at radius 1 is 1.26 bits per heavy atom. The maximum absolute atomic E-state index is 13.1. The molecule has 9 nitrogen and oxygen atoms in total. The minimum absolute atomic E-state index is 0.0640. The number of unbranched alkanes of at least 4 members (excludes halogenated alkanes) is 3. The third-order valence-electron chi connectivity index (χ3n) is 9.54. The van der Waals surface area contributed by atoms with Crippen LogP contribution in [-0.4, -0.2) is 84.6 Å². The average molecular weight is 547 g/mol. The van der Waals surface area contributed by atoms with Gasteiger partial charge in [0, 0.05) is 17.9 Å². The Morgan fingerprint density at radius 3 is 2.56 bits per heavy atom. The number of carbonyl (C=O) groups is 2. The van der Waals surface area contributed by atoms with E-state index in [1.54, 1.807) is 26.0 Å². The van der Waals surface area contributed by atoms with Crippen molar-refractivity contribution < 1.29 is 44.6 Å². The second-order valence-corrected chi connectivity index (χ2v) is 11.9. The summed E-state index contributed by atoms with van der Waals surface area (Å²) < 4.78 is 11.7. The molecule has 3 aliphatic carbocycles. The predicted octanol–water partition coefficient (Wildman–Crippen LogP) is 1.67. The van der Waals surface area contributed by atoms with E-state index in [-0.39, 0.29) is 12.0 Å². The minimum Gasteiger partial charge on any atom is -0.449 e. The standard InChI is InChI=1S/C30H42O9/c1-6-7-8-9-10-11-12-13-21(32)38-27(17(2)3)15-19(5)29(36)20-14-18(4)23(33)30(20,37)26(35)28(16-31)25(39-28)22(29)24(27)34/h10-14,19-20,22,24-26,31,34-37H,2,6-9,15-16H2,1,3-5H3/b11-10+,13-12+. The Kier molecular flexibility index (Phi) is 7.92. The lowest BCUT2D eigenvalue weighted by molar-refractivity contribution is -0.252. The van der Waals surface area contributed by atoms with E-state index in [9.17, 15) is 35.1 Å². The highest BCUT2D eigenvalue weighted by Crippen LogP contribution is 2.65. The molecule has 5 N–H and O–H groups in total. The van der Waals surface area contributed by atoms with Gasteiger partial charge in [0.15, 0.2) is 17.0 Å². The van der Waals surface area contributed by atoms with Crippen molar-refractivity contribution in [3.05, 3.63) is 48.1 Å². The summed E-state index contributed by atoms with van der Waals surface area (Å²) in [5, 5.41) is 57.4. The minimum atomic E-state index is -2.47. The highest BCUT2D eigenvalue weighted by atomic mass is 16.6. The normalized spacial score (nSPS) is 44.9. The summed E-state index contributed by atoms with van der Waals surface area (Å²) in [7, 11) is 0. The molecule has 10 atom stereocenters. The number of hydrogen-bond donors (Lipinski definition) is 5. The predicted molar refractivity (Wildman–Crippen MR) is 142 cm³/mol. The van der Waals surface area contributed by atoms with Gasteiger partial charge in [-0.15, -0.1) is 0 Å². The Labute approximate surface area is 229 Å². The zero-order valence-electron chi connectivity index (χ0n) is 23.2. The van der Waals surface area contributed by atoms with Gasteiger partial charge in [0.25, 0.3) is 0 Å². The van der Waals surface area contributed by atoms with Gasteiger partial charge in [-0.2, -0.15) is 0 Å². The Balaban J connectivity index is 1.70. The third kappa shape index (κ3) is 4.21. The zero-order valence-corrected chi connectivity index (χ0v) is 23.2. The average Bonchev–Trinajstić information content (AvgIpc) is 3.57. The molecule has 10 unspecified atom stereocenters. The number of ether oxygens (including phenoxy) is 2. The van der Waals surface area contributed by atoms with Gasteiger partial charge in [0.05, 0.1) is 12.2 Å². The van der Waals surface area contributed by atoms with Crippen LogP contribution in [-0.2, 0) is 19.1 Å². The highest BCUT2D eigenvalue weighted by Gasteiger charge is 2.83. The van der Waals surface area contributed by atoms with Crippen LogP contribution in [0.15, 0.2) is 48.1 Å². The second kappa shape index (κ2) is 10.4. The molecule has 4 rings (SSSR count). The molecule has 39 heavy (non-hydrogen) atoms. The van der Waals surface area contributed by atoms with Crippen LogP contribution < -0.4 is 0 Å². The number of rotatable bonds is 9. The van der Waals surface area contributed by atoms with E-state index < -0.39 is 76.8 Å². The van der Waals surface area contributed by atoms with E-state index in [1.807, 2.05) is 6.08 Å². The number of aliphatic hydroxyl groups excluding tert-OH is 3. The molecule has 0 aromatic heterocycles. The lowest BCUT2D eigenvalue weighted by atomic mass is 9.54. The van der Waals surface area contributed by atoms with Crippen LogP contribution >= 0.6 is 0 Å². The number of carbonyl (C=O) groups excluding carboxylic acids is 2. The van der Waals surface area contributed by atoms with Crippen LogP contribution in [0.2, 0.25) is 0 Å². The zero-order chi connectivity index (χ0) is 29.0.